The van der Waals surface area contributed by atoms with Crippen molar-refractivity contribution in [1.29, 1.82) is 0 Å². The molecule has 0 unspecified atom stereocenters. The monoisotopic (exact) mass is 258 g/mol. The highest BCUT2D eigenvalue weighted by atomic mass is 16.5. The van der Waals surface area contributed by atoms with E-state index in [9.17, 15) is 9.59 Å². The summed E-state index contributed by atoms with van der Waals surface area (Å²) in [6.07, 6.45) is 3.34. The normalized spacial score (nSPS) is 12.4. The van der Waals surface area contributed by atoms with Crippen LogP contribution in [0.4, 0.5) is 0 Å². The van der Waals surface area contributed by atoms with Gasteiger partial charge in [0.05, 0.1) is 13.2 Å². The average molecular weight is 258 g/mol. The molecular weight excluding hydrogens is 232 g/mol. The molecule has 0 rings (SSSR count). The molecule has 0 aromatic heterocycles. The molecule has 0 atom stereocenters. The number of aldehydes is 2. The predicted octanol–water partition coefficient (Wildman–Crippen LogP) is 2.25. The minimum Gasteiger partial charge on any atom is -0.379 e. The van der Waals surface area contributed by atoms with Crippen LogP contribution in [-0.2, 0) is 19.1 Å². The molecule has 0 bridgehead atoms. The van der Waals surface area contributed by atoms with Gasteiger partial charge < -0.3 is 19.1 Å². The summed E-state index contributed by atoms with van der Waals surface area (Å²) in [5.74, 6) is 0. The van der Waals surface area contributed by atoms with Gasteiger partial charge in [0.25, 0.3) is 0 Å². The first-order valence-corrected chi connectivity index (χ1v) is 6.41. The standard InChI is InChI=1S/C14H26O4/c1-13(2,11-15)5-7-17-9-10-18-8-6-14(3,4)12-16/h11-12H,5-10H2,1-4H3. The van der Waals surface area contributed by atoms with Crippen molar-refractivity contribution in [3.63, 3.8) is 0 Å². The van der Waals surface area contributed by atoms with Gasteiger partial charge in [-0.1, -0.05) is 27.7 Å². The molecule has 4 nitrogen and oxygen atoms in total. The zero-order valence-electron chi connectivity index (χ0n) is 12.0. The molecule has 0 aliphatic rings. The van der Waals surface area contributed by atoms with Crippen LogP contribution in [0.15, 0.2) is 0 Å². The molecule has 0 saturated carbocycles. The number of carbonyl (C=O) groups is 2. The van der Waals surface area contributed by atoms with Crippen LogP contribution >= 0.6 is 0 Å². The summed E-state index contributed by atoms with van der Waals surface area (Å²) in [6, 6.07) is 0. The Labute approximate surface area is 110 Å². The Bertz CT molecular complexity index is 220. The third-order valence-electron chi connectivity index (χ3n) is 2.79. The second kappa shape index (κ2) is 8.38. The Morgan fingerprint density at radius 2 is 1.06 bits per heavy atom. The molecule has 18 heavy (non-hydrogen) atoms. The van der Waals surface area contributed by atoms with Gasteiger partial charge in [-0.2, -0.15) is 0 Å². The summed E-state index contributed by atoms with van der Waals surface area (Å²) < 4.78 is 10.8. The van der Waals surface area contributed by atoms with Gasteiger partial charge in [-0.25, -0.2) is 0 Å². The van der Waals surface area contributed by atoms with E-state index in [0.29, 0.717) is 39.3 Å². The highest BCUT2D eigenvalue weighted by Gasteiger charge is 2.16. The molecule has 0 aromatic carbocycles. The fourth-order valence-electron chi connectivity index (χ4n) is 1.11. The lowest BCUT2D eigenvalue weighted by Crippen LogP contribution is -2.18. The van der Waals surface area contributed by atoms with Crippen molar-refractivity contribution in [3.05, 3.63) is 0 Å². The summed E-state index contributed by atoms with van der Waals surface area (Å²) in [5.41, 5.74) is -0.621. The molecule has 0 saturated heterocycles. The van der Waals surface area contributed by atoms with Crippen molar-refractivity contribution < 1.29 is 19.1 Å². The summed E-state index contributed by atoms with van der Waals surface area (Å²) in [7, 11) is 0. The molecular formula is C14H26O4. The minimum atomic E-state index is -0.311. The van der Waals surface area contributed by atoms with Crippen molar-refractivity contribution >= 4 is 12.6 Å². The van der Waals surface area contributed by atoms with Crippen LogP contribution in [0.25, 0.3) is 0 Å². The van der Waals surface area contributed by atoms with E-state index in [-0.39, 0.29) is 10.8 Å². The quantitative estimate of drug-likeness (QED) is 0.421. The molecule has 0 heterocycles. The topological polar surface area (TPSA) is 52.6 Å². The second-order valence-corrected chi connectivity index (χ2v) is 5.94. The van der Waals surface area contributed by atoms with Crippen molar-refractivity contribution in [2.24, 2.45) is 10.8 Å². The van der Waals surface area contributed by atoms with E-state index < -0.39 is 0 Å². The van der Waals surface area contributed by atoms with E-state index in [1.807, 2.05) is 27.7 Å². The van der Waals surface area contributed by atoms with E-state index in [0.717, 1.165) is 12.6 Å². The number of hydrogen-bond donors (Lipinski definition) is 0. The summed E-state index contributed by atoms with van der Waals surface area (Å²) in [4.78, 5) is 21.3. The lowest BCUT2D eigenvalue weighted by molar-refractivity contribution is -0.116. The largest absolute Gasteiger partial charge is 0.379 e. The fraction of sp³-hybridized carbons (Fsp3) is 0.857. The number of hydrogen-bond acceptors (Lipinski definition) is 4. The highest BCUT2D eigenvalue weighted by molar-refractivity contribution is 5.58. The maximum atomic E-state index is 10.6. The Kier molecular flexibility index (Phi) is 8.03. The first-order valence-electron chi connectivity index (χ1n) is 6.41. The van der Waals surface area contributed by atoms with Gasteiger partial charge in [0.15, 0.2) is 0 Å². The zero-order chi connectivity index (χ0) is 14.1. The fourth-order valence-corrected chi connectivity index (χ4v) is 1.11. The minimum absolute atomic E-state index is 0.311. The van der Waals surface area contributed by atoms with Crippen molar-refractivity contribution in [3.8, 4) is 0 Å². The molecule has 4 heteroatoms. The van der Waals surface area contributed by atoms with Crippen LogP contribution < -0.4 is 0 Å². The molecule has 0 radical (unpaired) electrons. The van der Waals surface area contributed by atoms with Gasteiger partial charge in [-0.05, 0) is 12.8 Å². The van der Waals surface area contributed by atoms with Gasteiger partial charge in [0.2, 0.25) is 0 Å². The van der Waals surface area contributed by atoms with Gasteiger partial charge >= 0.3 is 0 Å². The summed E-state index contributed by atoms with van der Waals surface area (Å²) in [6.45, 7) is 9.74. The lowest BCUT2D eigenvalue weighted by atomic mass is 9.92. The summed E-state index contributed by atoms with van der Waals surface area (Å²) >= 11 is 0. The van der Waals surface area contributed by atoms with Gasteiger partial charge in [0, 0.05) is 24.0 Å². The van der Waals surface area contributed by atoms with Crippen LogP contribution in [0.3, 0.4) is 0 Å². The Hall–Kier alpha value is -0.740. The van der Waals surface area contributed by atoms with E-state index >= 15 is 0 Å². The van der Waals surface area contributed by atoms with Crippen LogP contribution in [-0.4, -0.2) is 39.0 Å². The Morgan fingerprint density at radius 3 is 1.33 bits per heavy atom. The van der Waals surface area contributed by atoms with E-state index in [1.165, 1.54) is 0 Å². The van der Waals surface area contributed by atoms with Gasteiger partial charge in [-0.15, -0.1) is 0 Å². The molecule has 0 aliphatic heterocycles. The first-order chi connectivity index (χ1) is 8.33. The number of carbonyl (C=O) groups excluding carboxylic acids is 2. The SMILES string of the molecule is CC(C)(C=O)CCOCCOCCC(C)(C)C=O. The third kappa shape index (κ3) is 9.31. The lowest BCUT2D eigenvalue weighted by Gasteiger charge is -2.17. The van der Waals surface area contributed by atoms with Crippen molar-refractivity contribution in [2.45, 2.75) is 40.5 Å². The zero-order valence-corrected chi connectivity index (χ0v) is 12.0. The maximum Gasteiger partial charge on any atom is 0.125 e. The van der Waals surface area contributed by atoms with Gasteiger partial charge in [-0.3, -0.25) is 0 Å². The first kappa shape index (κ1) is 17.3. The van der Waals surface area contributed by atoms with E-state index in [1.54, 1.807) is 0 Å². The van der Waals surface area contributed by atoms with E-state index in [4.69, 9.17) is 9.47 Å². The average Bonchev–Trinajstić information content (AvgIpc) is 2.32. The van der Waals surface area contributed by atoms with E-state index in [2.05, 4.69) is 0 Å². The van der Waals surface area contributed by atoms with Crippen LogP contribution in [0.1, 0.15) is 40.5 Å². The molecule has 0 fully saturated rings. The Balaban J connectivity index is 3.37. The van der Waals surface area contributed by atoms with Crippen LogP contribution in [0.5, 0.6) is 0 Å². The van der Waals surface area contributed by atoms with Crippen molar-refractivity contribution in [2.75, 3.05) is 26.4 Å². The maximum absolute atomic E-state index is 10.6. The Morgan fingerprint density at radius 1 is 0.722 bits per heavy atom. The molecule has 0 amide bonds. The molecule has 0 aromatic rings. The summed E-state index contributed by atoms with van der Waals surface area (Å²) in [5, 5.41) is 0. The second-order valence-electron chi connectivity index (χ2n) is 5.94. The highest BCUT2D eigenvalue weighted by Crippen LogP contribution is 2.16. The van der Waals surface area contributed by atoms with Crippen LogP contribution in [0, 0.1) is 10.8 Å². The molecule has 0 spiro atoms. The molecule has 106 valence electrons. The third-order valence-corrected chi connectivity index (χ3v) is 2.79. The molecule has 0 N–H and O–H groups in total. The molecule has 0 aliphatic carbocycles. The number of ether oxygens (including phenoxy) is 2. The van der Waals surface area contributed by atoms with Crippen molar-refractivity contribution in [1.82, 2.24) is 0 Å². The smallest absolute Gasteiger partial charge is 0.125 e. The van der Waals surface area contributed by atoms with Gasteiger partial charge in [0.1, 0.15) is 12.6 Å². The van der Waals surface area contributed by atoms with Crippen LogP contribution in [0.2, 0.25) is 0 Å². The predicted molar refractivity (Wildman–Crippen MR) is 70.6 cm³/mol. The number of rotatable bonds is 11.